The Bertz CT molecular complexity index is 219. The minimum absolute atomic E-state index is 0.167. The standard InChI is InChI=1S/C10H18F6N2S/c1-3-5-7-17(9(11,12)13)19-18(8-6-4-2)10(14,15)16/h3-8H2,1-2H3. The van der Waals surface area contributed by atoms with E-state index < -0.39 is 25.7 Å². The predicted octanol–water partition coefficient (Wildman–Crippen LogP) is 4.79. The Labute approximate surface area is 113 Å². The fourth-order valence-corrected chi connectivity index (χ4v) is 1.99. The van der Waals surface area contributed by atoms with Crippen LogP contribution in [-0.4, -0.2) is 34.3 Å². The first-order chi connectivity index (χ1) is 8.62. The third-order valence-electron chi connectivity index (χ3n) is 2.19. The Balaban J connectivity index is 4.72. The average molecular weight is 312 g/mol. The first-order valence-electron chi connectivity index (χ1n) is 5.99. The average Bonchev–Trinajstić information content (AvgIpc) is 2.24. The van der Waals surface area contributed by atoms with Crippen LogP contribution >= 0.6 is 12.1 Å². The van der Waals surface area contributed by atoms with Gasteiger partial charge in [0.15, 0.2) is 0 Å². The van der Waals surface area contributed by atoms with Gasteiger partial charge in [-0.05, 0) is 12.8 Å². The number of hydrogen-bond acceptors (Lipinski definition) is 3. The van der Waals surface area contributed by atoms with Crippen LogP contribution in [0.25, 0.3) is 0 Å². The molecule has 0 aromatic rings. The van der Waals surface area contributed by atoms with Crippen LogP contribution in [0.2, 0.25) is 0 Å². The molecular weight excluding hydrogens is 294 g/mol. The highest BCUT2D eigenvalue weighted by Gasteiger charge is 2.45. The lowest BCUT2D eigenvalue weighted by Gasteiger charge is -2.30. The van der Waals surface area contributed by atoms with Gasteiger partial charge < -0.3 is 0 Å². The van der Waals surface area contributed by atoms with Gasteiger partial charge in [-0.1, -0.05) is 26.7 Å². The highest BCUT2D eigenvalue weighted by atomic mass is 32.2. The second kappa shape index (κ2) is 8.21. The fraction of sp³-hybridized carbons (Fsp3) is 1.00. The number of rotatable bonds is 8. The third-order valence-corrected chi connectivity index (χ3v) is 3.37. The summed E-state index contributed by atoms with van der Waals surface area (Å²) in [6.07, 6.45) is -8.23. The number of alkyl halides is 6. The first-order valence-corrected chi connectivity index (χ1v) is 6.72. The summed E-state index contributed by atoms with van der Waals surface area (Å²) in [5.74, 6) is 0. The molecule has 0 aromatic heterocycles. The van der Waals surface area contributed by atoms with Crippen LogP contribution in [0.15, 0.2) is 0 Å². The van der Waals surface area contributed by atoms with Crippen molar-refractivity contribution in [2.45, 2.75) is 52.1 Å². The molecule has 0 N–H and O–H groups in total. The SMILES string of the molecule is CCCCN(SN(CCCC)C(F)(F)F)C(F)(F)F. The summed E-state index contributed by atoms with van der Waals surface area (Å²) >= 11 is -0.300. The molecule has 0 aliphatic rings. The van der Waals surface area contributed by atoms with Gasteiger partial charge in [0, 0.05) is 25.2 Å². The van der Waals surface area contributed by atoms with Gasteiger partial charge in [0.05, 0.1) is 0 Å². The number of halogens is 6. The van der Waals surface area contributed by atoms with Crippen molar-refractivity contribution in [1.29, 1.82) is 0 Å². The van der Waals surface area contributed by atoms with E-state index >= 15 is 0 Å². The number of nitrogens with zero attached hydrogens (tertiary/aromatic N) is 2. The molecule has 0 aliphatic carbocycles. The van der Waals surface area contributed by atoms with Gasteiger partial charge >= 0.3 is 12.6 Å². The summed E-state index contributed by atoms with van der Waals surface area (Å²) in [6.45, 7) is 2.45. The summed E-state index contributed by atoms with van der Waals surface area (Å²) in [6, 6.07) is 0. The normalized spacial score (nSPS) is 13.6. The molecule has 0 bridgehead atoms. The Morgan fingerprint density at radius 1 is 0.737 bits per heavy atom. The molecule has 0 atom stereocenters. The van der Waals surface area contributed by atoms with Crippen LogP contribution in [0.3, 0.4) is 0 Å². The zero-order chi connectivity index (χ0) is 15.1. The van der Waals surface area contributed by atoms with Crippen molar-refractivity contribution in [2.24, 2.45) is 0 Å². The smallest absolute Gasteiger partial charge is 0.155 e. The van der Waals surface area contributed by atoms with Crippen molar-refractivity contribution in [3.63, 3.8) is 0 Å². The molecule has 0 saturated heterocycles. The van der Waals surface area contributed by atoms with E-state index in [4.69, 9.17) is 0 Å². The minimum atomic E-state index is -4.78. The second-order valence-corrected chi connectivity index (χ2v) is 4.97. The van der Waals surface area contributed by atoms with Crippen molar-refractivity contribution >= 4 is 12.1 Å². The Morgan fingerprint density at radius 3 is 1.26 bits per heavy atom. The van der Waals surface area contributed by atoms with Gasteiger partial charge in [-0.25, -0.2) is 0 Å². The zero-order valence-electron chi connectivity index (χ0n) is 10.8. The van der Waals surface area contributed by atoms with Crippen molar-refractivity contribution in [3.8, 4) is 0 Å². The molecule has 0 amide bonds. The van der Waals surface area contributed by atoms with E-state index in [0.29, 0.717) is 12.8 Å². The van der Waals surface area contributed by atoms with Crippen molar-refractivity contribution in [3.05, 3.63) is 0 Å². The molecule has 116 valence electrons. The van der Waals surface area contributed by atoms with Gasteiger partial charge in [0.1, 0.15) is 0 Å². The monoisotopic (exact) mass is 312 g/mol. The highest BCUT2D eigenvalue weighted by Crippen LogP contribution is 2.37. The number of hydrogen-bond donors (Lipinski definition) is 0. The second-order valence-electron chi connectivity index (χ2n) is 3.93. The van der Waals surface area contributed by atoms with Gasteiger partial charge in [-0.2, -0.15) is 26.3 Å². The molecule has 0 aliphatic heterocycles. The van der Waals surface area contributed by atoms with E-state index in [1.54, 1.807) is 13.8 Å². The zero-order valence-corrected chi connectivity index (χ0v) is 11.6. The van der Waals surface area contributed by atoms with E-state index in [-0.39, 0.29) is 33.6 Å². The third kappa shape index (κ3) is 7.88. The van der Waals surface area contributed by atoms with E-state index in [1.165, 1.54) is 0 Å². The molecule has 0 heterocycles. The van der Waals surface area contributed by atoms with E-state index in [9.17, 15) is 26.3 Å². The molecular formula is C10H18F6N2S. The van der Waals surface area contributed by atoms with E-state index in [2.05, 4.69) is 0 Å². The molecule has 0 unspecified atom stereocenters. The van der Waals surface area contributed by atoms with E-state index in [1.807, 2.05) is 0 Å². The van der Waals surface area contributed by atoms with E-state index in [0.717, 1.165) is 0 Å². The summed E-state index contributed by atoms with van der Waals surface area (Å²) in [7, 11) is 0. The van der Waals surface area contributed by atoms with Crippen molar-refractivity contribution in [1.82, 2.24) is 8.61 Å². The lowest BCUT2D eigenvalue weighted by Crippen LogP contribution is -2.41. The molecule has 0 saturated carbocycles. The lowest BCUT2D eigenvalue weighted by atomic mass is 10.3. The molecule has 0 spiro atoms. The molecule has 0 radical (unpaired) electrons. The van der Waals surface area contributed by atoms with Gasteiger partial charge in [-0.3, -0.25) is 0 Å². The first kappa shape index (κ1) is 18.9. The summed E-state index contributed by atoms with van der Waals surface area (Å²) in [5.41, 5.74) is 0. The lowest BCUT2D eigenvalue weighted by molar-refractivity contribution is -0.223. The Hall–Kier alpha value is -0.150. The Kier molecular flexibility index (Phi) is 8.14. The van der Waals surface area contributed by atoms with Crippen LogP contribution in [0, 0.1) is 0 Å². The minimum Gasteiger partial charge on any atom is -0.155 e. The number of unbranched alkanes of at least 4 members (excludes halogenated alkanes) is 2. The van der Waals surface area contributed by atoms with Gasteiger partial charge in [0.25, 0.3) is 0 Å². The molecule has 0 aromatic carbocycles. The summed E-state index contributed by atoms with van der Waals surface area (Å²) < 4.78 is 75.4. The fourth-order valence-electron chi connectivity index (χ4n) is 1.15. The maximum atomic E-state index is 12.6. The van der Waals surface area contributed by atoms with Crippen LogP contribution in [0.5, 0.6) is 0 Å². The summed E-state index contributed by atoms with van der Waals surface area (Å²) in [4.78, 5) is 0. The topological polar surface area (TPSA) is 6.48 Å². The maximum Gasteiger partial charge on any atom is 0.470 e. The van der Waals surface area contributed by atoms with Crippen LogP contribution in [0.1, 0.15) is 39.5 Å². The quantitative estimate of drug-likeness (QED) is 0.361. The molecule has 2 nitrogen and oxygen atoms in total. The molecule has 0 rings (SSSR count). The van der Waals surface area contributed by atoms with Crippen LogP contribution in [0.4, 0.5) is 26.3 Å². The molecule has 9 heteroatoms. The van der Waals surface area contributed by atoms with Crippen molar-refractivity contribution < 1.29 is 26.3 Å². The Morgan fingerprint density at radius 2 is 1.05 bits per heavy atom. The molecule has 19 heavy (non-hydrogen) atoms. The highest BCUT2D eigenvalue weighted by molar-refractivity contribution is 7.94. The summed E-state index contributed by atoms with van der Waals surface area (Å²) in [5, 5.41) is 0. The predicted molar refractivity (Wildman–Crippen MR) is 62.9 cm³/mol. The van der Waals surface area contributed by atoms with Crippen molar-refractivity contribution in [2.75, 3.05) is 13.1 Å². The van der Waals surface area contributed by atoms with Gasteiger partial charge in [0.2, 0.25) is 0 Å². The van der Waals surface area contributed by atoms with Crippen LogP contribution < -0.4 is 0 Å². The maximum absolute atomic E-state index is 12.6. The largest absolute Gasteiger partial charge is 0.470 e. The van der Waals surface area contributed by atoms with Crippen LogP contribution in [-0.2, 0) is 0 Å². The van der Waals surface area contributed by atoms with Gasteiger partial charge in [-0.15, -0.1) is 8.61 Å². The molecule has 0 fully saturated rings.